The topological polar surface area (TPSA) is 88.5 Å². The number of carbonyl (C=O) groups is 1. The molecule has 0 spiro atoms. The normalized spacial score (nSPS) is 13.8. The van der Waals surface area contributed by atoms with Crippen LogP contribution in [0.5, 0.6) is 0 Å². The van der Waals surface area contributed by atoms with Crippen molar-refractivity contribution in [3.8, 4) is 11.4 Å². The summed E-state index contributed by atoms with van der Waals surface area (Å²) < 4.78 is 2.08. The van der Waals surface area contributed by atoms with E-state index in [-0.39, 0.29) is 5.91 Å². The highest BCUT2D eigenvalue weighted by Gasteiger charge is 2.26. The predicted octanol–water partition coefficient (Wildman–Crippen LogP) is 2.28. The molecule has 3 aromatic heterocycles. The number of aryl methyl sites for hydroxylation is 1. The first-order valence-corrected chi connectivity index (χ1v) is 8.48. The highest BCUT2D eigenvalue weighted by Crippen LogP contribution is 2.38. The SMILES string of the molecule is Cc1cnc(-c2cccnc2)n1CCNC(=O)c1cc(C2CC2)[nH]n1. The summed E-state index contributed by atoms with van der Waals surface area (Å²) in [5.41, 5.74) is 3.53. The van der Waals surface area contributed by atoms with Crippen molar-refractivity contribution in [1.29, 1.82) is 0 Å². The molecule has 7 nitrogen and oxygen atoms in total. The minimum Gasteiger partial charge on any atom is -0.349 e. The summed E-state index contributed by atoms with van der Waals surface area (Å²) in [5, 5.41) is 10.0. The average molecular weight is 336 g/mol. The lowest BCUT2D eigenvalue weighted by Gasteiger charge is -2.10. The largest absolute Gasteiger partial charge is 0.349 e. The van der Waals surface area contributed by atoms with Crippen molar-refractivity contribution in [1.82, 2.24) is 30.0 Å². The maximum Gasteiger partial charge on any atom is 0.271 e. The fraction of sp³-hybridized carbons (Fsp3) is 0.333. The number of hydrogen-bond acceptors (Lipinski definition) is 4. The van der Waals surface area contributed by atoms with Gasteiger partial charge < -0.3 is 9.88 Å². The zero-order valence-corrected chi connectivity index (χ0v) is 14.1. The molecule has 0 atom stereocenters. The highest BCUT2D eigenvalue weighted by atomic mass is 16.1. The molecular formula is C18H20N6O. The maximum atomic E-state index is 12.2. The lowest BCUT2D eigenvalue weighted by Crippen LogP contribution is -2.28. The van der Waals surface area contributed by atoms with Crippen LogP contribution in [0, 0.1) is 6.92 Å². The molecule has 1 aliphatic rings. The van der Waals surface area contributed by atoms with Crippen molar-refractivity contribution in [3.63, 3.8) is 0 Å². The third kappa shape index (κ3) is 3.31. The Morgan fingerprint density at radius 3 is 3.04 bits per heavy atom. The highest BCUT2D eigenvalue weighted by molar-refractivity contribution is 5.92. The number of imidazole rings is 1. The van der Waals surface area contributed by atoms with Crippen molar-refractivity contribution in [2.75, 3.05) is 6.54 Å². The monoisotopic (exact) mass is 336 g/mol. The molecule has 3 heterocycles. The quantitative estimate of drug-likeness (QED) is 0.723. The van der Waals surface area contributed by atoms with E-state index >= 15 is 0 Å². The van der Waals surface area contributed by atoms with Gasteiger partial charge in [-0.05, 0) is 38.0 Å². The number of hydrogen-bond donors (Lipinski definition) is 2. The van der Waals surface area contributed by atoms with Gasteiger partial charge in [0.1, 0.15) is 11.5 Å². The standard InChI is InChI=1S/C18H20N6O/c1-12-10-21-17(14-3-2-6-19-11-14)24(12)8-7-20-18(25)16-9-15(22-23-16)13-4-5-13/h2-3,6,9-11,13H,4-5,7-8H2,1H3,(H,20,25)(H,22,23). The molecule has 0 bridgehead atoms. The predicted molar refractivity (Wildman–Crippen MR) is 93.1 cm³/mol. The van der Waals surface area contributed by atoms with Gasteiger partial charge in [0.2, 0.25) is 0 Å². The second kappa shape index (κ2) is 6.51. The first kappa shape index (κ1) is 15.6. The van der Waals surface area contributed by atoms with Gasteiger partial charge in [0.25, 0.3) is 5.91 Å². The van der Waals surface area contributed by atoms with E-state index in [0.717, 1.165) is 22.8 Å². The van der Waals surface area contributed by atoms with Crippen LogP contribution in [0.1, 0.15) is 40.6 Å². The first-order valence-electron chi connectivity index (χ1n) is 8.48. The number of H-pyrrole nitrogens is 1. The Morgan fingerprint density at radius 1 is 1.40 bits per heavy atom. The summed E-state index contributed by atoms with van der Waals surface area (Å²) >= 11 is 0. The summed E-state index contributed by atoms with van der Waals surface area (Å²) in [6.45, 7) is 3.15. The molecule has 0 unspecified atom stereocenters. The summed E-state index contributed by atoms with van der Waals surface area (Å²) in [6, 6.07) is 5.73. The summed E-state index contributed by atoms with van der Waals surface area (Å²) in [6.07, 6.45) is 7.73. The molecule has 0 saturated heterocycles. The van der Waals surface area contributed by atoms with Crippen LogP contribution in [0.2, 0.25) is 0 Å². The van der Waals surface area contributed by atoms with E-state index in [1.807, 2.05) is 31.3 Å². The lowest BCUT2D eigenvalue weighted by atomic mass is 10.2. The van der Waals surface area contributed by atoms with Crippen LogP contribution in [-0.4, -0.2) is 37.2 Å². The maximum absolute atomic E-state index is 12.2. The van der Waals surface area contributed by atoms with E-state index in [1.54, 1.807) is 12.4 Å². The second-order valence-corrected chi connectivity index (χ2v) is 6.36. The van der Waals surface area contributed by atoms with Crippen LogP contribution in [0.25, 0.3) is 11.4 Å². The third-order valence-electron chi connectivity index (χ3n) is 4.44. The molecular weight excluding hydrogens is 316 g/mol. The Balaban J connectivity index is 1.40. The van der Waals surface area contributed by atoms with Crippen molar-refractivity contribution in [2.45, 2.75) is 32.2 Å². The minimum absolute atomic E-state index is 0.149. The van der Waals surface area contributed by atoms with Crippen LogP contribution in [0.3, 0.4) is 0 Å². The number of rotatable bonds is 6. The van der Waals surface area contributed by atoms with Crippen LogP contribution >= 0.6 is 0 Å². The zero-order chi connectivity index (χ0) is 17.2. The van der Waals surface area contributed by atoms with E-state index in [9.17, 15) is 4.79 Å². The van der Waals surface area contributed by atoms with E-state index in [0.29, 0.717) is 24.7 Å². The molecule has 4 rings (SSSR count). The van der Waals surface area contributed by atoms with Gasteiger partial charge in [-0.3, -0.25) is 14.9 Å². The van der Waals surface area contributed by atoms with Crippen molar-refractivity contribution >= 4 is 5.91 Å². The van der Waals surface area contributed by atoms with E-state index in [1.165, 1.54) is 12.8 Å². The van der Waals surface area contributed by atoms with Gasteiger partial charge in [0.05, 0.1) is 0 Å². The number of aromatic amines is 1. The Kier molecular flexibility index (Phi) is 4.05. The third-order valence-corrected chi connectivity index (χ3v) is 4.44. The molecule has 1 aliphatic carbocycles. The van der Waals surface area contributed by atoms with Crippen molar-refractivity contribution in [2.24, 2.45) is 0 Å². The number of amides is 1. The van der Waals surface area contributed by atoms with Gasteiger partial charge in [0.15, 0.2) is 0 Å². The van der Waals surface area contributed by atoms with E-state index in [2.05, 4.69) is 30.0 Å². The number of aromatic nitrogens is 5. The van der Waals surface area contributed by atoms with Crippen LogP contribution < -0.4 is 5.32 Å². The Bertz CT molecular complexity index is 878. The molecule has 1 fully saturated rings. The molecule has 3 aromatic rings. The Hall–Kier alpha value is -2.96. The fourth-order valence-corrected chi connectivity index (χ4v) is 2.90. The smallest absolute Gasteiger partial charge is 0.271 e. The summed E-state index contributed by atoms with van der Waals surface area (Å²) in [5.74, 6) is 1.27. The summed E-state index contributed by atoms with van der Waals surface area (Å²) in [4.78, 5) is 20.9. The molecule has 128 valence electrons. The van der Waals surface area contributed by atoms with Gasteiger partial charge in [-0.2, -0.15) is 5.10 Å². The molecule has 25 heavy (non-hydrogen) atoms. The van der Waals surface area contributed by atoms with E-state index < -0.39 is 0 Å². The fourth-order valence-electron chi connectivity index (χ4n) is 2.90. The zero-order valence-electron chi connectivity index (χ0n) is 14.1. The van der Waals surface area contributed by atoms with Gasteiger partial charge >= 0.3 is 0 Å². The second-order valence-electron chi connectivity index (χ2n) is 6.36. The summed E-state index contributed by atoms with van der Waals surface area (Å²) in [7, 11) is 0. The van der Waals surface area contributed by atoms with Crippen molar-refractivity contribution < 1.29 is 4.79 Å². The van der Waals surface area contributed by atoms with Crippen molar-refractivity contribution in [3.05, 3.63) is 53.9 Å². The van der Waals surface area contributed by atoms with Crippen LogP contribution in [0.4, 0.5) is 0 Å². The molecule has 7 heteroatoms. The Morgan fingerprint density at radius 2 is 2.28 bits per heavy atom. The van der Waals surface area contributed by atoms with Gasteiger partial charge in [0, 0.05) is 54.5 Å². The van der Waals surface area contributed by atoms with E-state index in [4.69, 9.17) is 0 Å². The van der Waals surface area contributed by atoms with Crippen LogP contribution in [0.15, 0.2) is 36.8 Å². The molecule has 2 N–H and O–H groups in total. The molecule has 1 saturated carbocycles. The van der Waals surface area contributed by atoms with Gasteiger partial charge in [-0.1, -0.05) is 0 Å². The number of pyridine rings is 1. The average Bonchev–Trinajstić information content (AvgIpc) is 3.25. The number of nitrogens with one attached hydrogen (secondary N) is 2. The molecule has 1 amide bonds. The molecule has 0 radical (unpaired) electrons. The molecule has 0 aliphatic heterocycles. The molecule has 0 aromatic carbocycles. The number of carbonyl (C=O) groups excluding carboxylic acids is 1. The van der Waals surface area contributed by atoms with Crippen LogP contribution in [-0.2, 0) is 6.54 Å². The number of nitrogens with zero attached hydrogens (tertiary/aromatic N) is 4. The van der Waals surface area contributed by atoms with Gasteiger partial charge in [-0.15, -0.1) is 0 Å². The first-order chi connectivity index (χ1) is 12.2. The lowest BCUT2D eigenvalue weighted by molar-refractivity contribution is 0.0947. The van der Waals surface area contributed by atoms with Gasteiger partial charge in [-0.25, -0.2) is 4.98 Å². The Labute approximate surface area is 145 Å². The minimum atomic E-state index is -0.149.